The van der Waals surface area contributed by atoms with Gasteiger partial charge in [0, 0.05) is 11.6 Å². The highest BCUT2D eigenvalue weighted by molar-refractivity contribution is 5.81. The first-order valence-corrected chi connectivity index (χ1v) is 6.12. The van der Waals surface area contributed by atoms with E-state index in [1.807, 2.05) is 18.2 Å². The average molecular weight is 270 g/mol. The zero-order chi connectivity index (χ0) is 14.1. The first-order valence-electron chi connectivity index (χ1n) is 6.12. The monoisotopic (exact) mass is 270 g/mol. The summed E-state index contributed by atoms with van der Waals surface area (Å²) >= 11 is 0. The number of rotatable bonds is 3. The predicted molar refractivity (Wildman–Crippen MR) is 76.3 cm³/mol. The predicted octanol–water partition coefficient (Wildman–Crippen LogP) is 2.95. The van der Waals surface area contributed by atoms with E-state index in [2.05, 4.69) is 9.97 Å². The fourth-order valence-electron chi connectivity index (χ4n) is 2.12. The quantitative estimate of drug-likeness (QED) is 0.767. The van der Waals surface area contributed by atoms with Crippen molar-refractivity contribution in [2.24, 2.45) is 0 Å². The van der Waals surface area contributed by atoms with E-state index in [4.69, 9.17) is 9.47 Å². The van der Waals surface area contributed by atoms with Crippen LogP contribution < -0.4 is 9.47 Å². The molecule has 0 aliphatic rings. The van der Waals surface area contributed by atoms with Crippen LogP contribution in [0.25, 0.3) is 22.4 Å². The van der Waals surface area contributed by atoms with E-state index in [1.165, 1.54) is 0 Å². The summed E-state index contributed by atoms with van der Waals surface area (Å²) in [4.78, 5) is 7.67. The summed E-state index contributed by atoms with van der Waals surface area (Å²) in [5, 5.41) is 9.48. The van der Waals surface area contributed by atoms with E-state index in [0.29, 0.717) is 17.3 Å². The highest BCUT2D eigenvalue weighted by atomic mass is 16.5. The Bertz CT molecular complexity index is 765. The molecule has 3 rings (SSSR count). The van der Waals surface area contributed by atoms with E-state index in [1.54, 1.807) is 32.4 Å². The first-order chi connectivity index (χ1) is 9.71. The molecule has 0 fully saturated rings. The van der Waals surface area contributed by atoms with Crippen molar-refractivity contribution in [3.63, 3.8) is 0 Å². The van der Waals surface area contributed by atoms with Gasteiger partial charge in [-0.1, -0.05) is 0 Å². The maximum Gasteiger partial charge on any atom is 0.161 e. The van der Waals surface area contributed by atoms with Crippen LogP contribution in [0.1, 0.15) is 0 Å². The van der Waals surface area contributed by atoms with Gasteiger partial charge in [-0.2, -0.15) is 0 Å². The summed E-state index contributed by atoms with van der Waals surface area (Å²) < 4.78 is 10.5. The van der Waals surface area contributed by atoms with Crippen molar-refractivity contribution in [1.82, 2.24) is 9.97 Å². The lowest BCUT2D eigenvalue weighted by Gasteiger charge is -2.08. The fourth-order valence-corrected chi connectivity index (χ4v) is 2.12. The average Bonchev–Trinajstić information content (AvgIpc) is 2.89. The van der Waals surface area contributed by atoms with Gasteiger partial charge >= 0.3 is 0 Å². The molecule has 3 aromatic rings. The fraction of sp³-hybridized carbons (Fsp3) is 0.133. The second-order valence-corrected chi connectivity index (χ2v) is 4.36. The summed E-state index contributed by atoms with van der Waals surface area (Å²) in [6, 6.07) is 10.6. The maximum absolute atomic E-state index is 9.48. The third-order valence-corrected chi connectivity index (χ3v) is 3.12. The number of benzene rings is 2. The maximum atomic E-state index is 9.48. The number of methoxy groups -OCH3 is 2. The van der Waals surface area contributed by atoms with E-state index in [9.17, 15) is 5.11 Å². The Hall–Kier alpha value is -2.69. The molecule has 0 spiro atoms. The minimum atomic E-state index is 0.208. The van der Waals surface area contributed by atoms with Crippen LogP contribution in [0.5, 0.6) is 17.2 Å². The van der Waals surface area contributed by atoms with E-state index in [0.717, 1.165) is 16.6 Å². The molecule has 0 atom stereocenters. The molecule has 1 heterocycles. The Kier molecular flexibility index (Phi) is 2.95. The van der Waals surface area contributed by atoms with Crippen molar-refractivity contribution in [3.05, 3.63) is 36.4 Å². The number of hydrogen-bond acceptors (Lipinski definition) is 4. The normalized spacial score (nSPS) is 10.7. The van der Waals surface area contributed by atoms with Gasteiger partial charge in [0.2, 0.25) is 0 Å². The Morgan fingerprint density at radius 3 is 2.55 bits per heavy atom. The lowest BCUT2D eigenvalue weighted by Crippen LogP contribution is -1.91. The lowest BCUT2D eigenvalue weighted by atomic mass is 10.2. The molecule has 0 saturated carbocycles. The van der Waals surface area contributed by atoms with Crippen LogP contribution in [0, 0.1) is 0 Å². The van der Waals surface area contributed by atoms with Crippen LogP contribution in [0.3, 0.4) is 0 Å². The van der Waals surface area contributed by atoms with Crippen molar-refractivity contribution >= 4 is 11.0 Å². The molecular formula is C15H14N2O3. The molecule has 0 bridgehead atoms. The summed E-state index contributed by atoms with van der Waals surface area (Å²) in [6.07, 6.45) is 0. The van der Waals surface area contributed by atoms with E-state index < -0.39 is 0 Å². The number of H-pyrrole nitrogens is 1. The van der Waals surface area contributed by atoms with Crippen molar-refractivity contribution < 1.29 is 14.6 Å². The Labute approximate surface area is 115 Å². The number of nitrogens with zero attached hydrogens (tertiary/aromatic N) is 1. The van der Waals surface area contributed by atoms with Crippen molar-refractivity contribution in [3.8, 4) is 28.6 Å². The van der Waals surface area contributed by atoms with Gasteiger partial charge in [-0.3, -0.25) is 0 Å². The van der Waals surface area contributed by atoms with Crippen LogP contribution >= 0.6 is 0 Å². The molecule has 0 unspecified atom stereocenters. The zero-order valence-corrected chi connectivity index (χ0v) is 11.2. The van der Waals surface area contributed by atoms with Gasteiger partial charge < -0.3 is 19.6 Å². The number of hydrogen-bond donors (Lipinski definition) is 2. The second-order valence-electron chi connectivity index (χ2n) is 4.36. The van der Waals surface area contributed by atoms with Gasteiger partial charge in [-0.05, 0) is 30.3 Å². The molecule has 1 aromatic heterocycles. The van der Waals surface area contributed by atoms with Gasteiger partial charge in [0.25, 0.3) is 0 Å². The number of aromatic hydroxyl groups is 1. The van der Waals surface area contributed by atoms with Crippen LogP contribution in [-0.2, 0) is 0 Å². The smallest absolute Gasteiger partial charge is 0.161 e. The number of aromatic amines is 1. The van der Waals surface area contributed by atoms with Crippen LogP contribution in [0.2, 0.25) is 0 Å². The molecule has 20 heavy (non-hydrogen) atoms. The minimum Gasteiger partial charge on any atom is -0.508 e. The Balaban J connectivity index is 2.10. The van der Waals surface area contributed by atoms with Gasteiger partial charge in [0.1, 0.15) is 11.6 Å². The SMILES string of the molecule is COc1ccc(-c2nc3ccc(O)cc3[nH]2)cc1OC. The molecule has 102 valence electrons. The molecule has 0 amide bonds. The largest absolute Gasteiger partial charge is 0.508 e. The standard InChI is InChI=1S/C15H14N2O3/c1-19-13-6-3-9(7-14(13)20-2)15-16-11-5-4-10(18)8-12(11)17-15/h3-8,18H,1-2H3,(H,16,17). The molecule has 0 radical (unpaired) electrons. The number of imidazole rings is 1. The summed E-state index contributed by atoms with van der Waals surface area (Å²) in [7, 11) is 3.19. The lowest BCUT2D eigenvalue weighted by molar-refractivity contribution is 0.355. The topological polar surface area (TPSA) is 67.4 Å². The van der Waals surface area contributed by atoms with E-state index >= 15 is 0 Å². The third-order valence-electron chi connectivity index (χ3n) is 3.12. The number of aromatic nitrogens is 2. The number of fused-ring (bicyclic) bond motifs is 1. The van der Waals surface area contributed by atoms with Gasteiger partial charge in [0.15, 0.2) is 11.5 Å². The highest BCUT2D eigenvalue weighted by Gasteiger charge is 2.10. The first kappa shape index (κ1) is 12.3. The van der Waals surface area contributed by atoms with Gasteiger partial charge in [-0.25, -0.2) is 4.98 Å². The van der Waals surface area contributed by atoms with Crippen LogP contribution in [-0.4, -0.2) is 29.3 Å². The summed E-state index contributed by atoms with van der Waals surface area (Å²) in [5.41, 5.74) is 2.47. The number of phenolic OH excluding ortho intramolecular Hbond substituents is 1. The molecule has 2 aromatic carbocycles. The molecule has 5 nitrogen and oxygen atoms in total. The molecule has 0 aliphatic carbocycles. The molecule has 5 heteroatoms. The van der Waals surface area contributed by atoms with Crippen molar-refractivity contribution in [2.45, 2.75) is 0 Å². The van der Waals surface area contributed by atoms with Crippen LogP contribution in [0.15, 0.2) is 36.4 Å². The summed E-state index contributed by atoms with van der Waals surface area (Å²) in [6.45, 7) is 0. The van der Waals surface area contributed by atoms with Crippen molar-refractivity contribution in [1.29, 1.82) is 0 Å². The number of phenols is 1. The highest BCUT2D eigenvalue weighted by Crippen LogP contribution is 2.32. The molecule has 0 saturated heterocycles. The minimum absolute atomic E-state index is 0.208. The Morgan fingerprint density at radius 1 is 1.00 bits per heavy atom. The number of nitrogens with one attached hydrogen (secondary N) is 1. The zero-order valence-electron chi connectivity index (χ0n) is 11.2. The Morgan fingerprint density at radius 2 is 1.80 bits per heavy atom. The van der Waals surface area contributed by atoms with Gasteiger partial charge in [0.05, 0.1) is 25.3 Å². The molecule has 0 aliphatic heterocycles. The summed E-state index contributed by atoms with van der Waals surface area (Å²) in [5.74, 6) is 2.24. The molecule has 2 N–H and O–H groups in total. The van der Waals surface area contributed by atoms with E-state index in [-0.39, 0.29) is 5.75 Å². The van der Waals surface area contributed by atoms with Crippen molar-refractivity contribution in [2.75, 3.05) is 14.2 Å². The third kappa shape index (κ3) is 2.03. The number of ether oxygens (including phenoxy) is 2. The van der Waals surface area contributed by atoms with Gasteiger partial charge in [-0.15, -0.1) is 0 Å². The molecular weight excluding hydrogens is 256 g/mol. The second kappa shape index (κ2) is 4.77. The van der Waals surface area contributed by atoms with Crippen LogP contribution in [0.4, 0.5) is 0 Å².